The minimum atomic E-state index is -0.0301. The molecule has 1 saturated heterocycles. The van der Waals surface area contributed by atoms with Gasteiger partial charge in [0.25, 0.3) is 0 Å². The molecule has 1 saturated carbocycles. The molecule has 1 amide bonds. The largest absolute Gasteiger partial charge is 0.380 e. The van der Waals surface area contributed by atoms with Crippen LogP contribution in [0.25, 0.3) is 0 Å². The number of carbonyl (C=O) groups excluding carboxylic acids is 1. The van der Waals surface area contributed by atoms with E-state index < -0.39 is 0 Å². The number of aromatic nitrogens is 1. The second-order valence-electron chi connectivity index (χ2n) is 6.45. The highest BCUT2D eigenvalue weighted by Gasteiger charge is 2.34. The Bertz CT molecular complexity index is 517. The number of ether oxygens (including phenoxy) is 1. The van der Waals surface area contributed by atoms with Crippen molar-refractivity contribution >= 4 is 11.7 Å². The Kier molecular flexibility index (Phi) is 5.13. The molecule has 6 heteroatoms. The Balaban J connectivity index is 1.52. The van der Waals surface area contributed by atoms with Crippen molar-refractivity contribution < 1.29 is 9.53 Å². The summed E-state index contributed by atoms with van der Waals surface area (Å²) < 4.78 is 5.38. The second kappa shape index (κ2) is 7.27. The van der Waals surface area contributed by atoms with Gasteiger partial charge in [-0.3, -0.25) is 4.79 Å². The van der Waals surface area contributed by atoms with Crippen molar-refractivity contribution in [3.8, 4) is 0 Å². The molecule has 1 aliphatic carbocycles. The van der Waals surface area contributed by atoms with Gasteiger partial charge in [0.05, 0.1) is 6.10 Å². The van der Waals surface area contributed by atoms with E-state index in [0.717, 1.165) is 51.3 Å². The van der Waals surface area contributed by atoms with Gasteiger partial charge in [0.15, 0.2) is 0 Å². The van der Waals surface area contributed by atoms with E-state index in [1.54, 1.807) is 7.11 Å². The fourth-order valence-corrected chi connectivity index (χ4v) is 3.65. The molecule has 1 aromatic heterocycles. The van der Waals surface area contributed by atoms with Gasteiger partial charge in [-0.15, -0.1) is 0 Å². The van der Waals surface area contributed by atoms with Crippen LogP contribution in [0, 0.1) is 5.92 Å². The van der Waals surface area contributed by atoms with Crippen LogP contribution in [0.1, 0.15) is 19.3 Å². The van der Waals surface area contributed by atoms with Crippen LogP contribution in [0.5, 0.6) is 0 Å². The predicted molar refractivity (Wildman–Crippen MR) is 89.1 cm³/mol. The summed E-state index contributed by atoms with van der Waals surface area (Å²) in [4.78, 5) is 21.3. The number of nitrogens with two attached hydrogens (primary N) is 1. The lowest BCUT2D eigenvalue weighted by Gasteiger charge is -2.39. The topological polar surface area (TPSA) is 71.7 Å². The second-order valence-corrected chi connectivity index (χ2v) is 6.45. The molecule has 2 N–H and O–H groups in total. The van der Waals surface area contributed by atoms with Crippen molar-refractivity contribution in [1.29, 1.82) is 0 Å². The Morgan fingerprint density at radius 2 is 2.04 bits per heavy atom. The van der Waals surface area contributed by atoms with Gasteiger partial charge in [-0.25, -0.2) is 4.98 Å². The van der Waals surface area contributed by atoms with Crippen molar-refractivity contribution in [2.45, 2.75) is 31.4 Å². The van der Waals surface area contributed by atoms with Crippen LogP contribution in [0.4, 0.5) is 5.82 Å². The highest BCUT2D eigenvalue weighted by molar-refractivity contribution is 5.79. The molecule has 2 fully saturated rings. The van der Waals surface area contributed by atoms with Gasteiger partial charge in [-0.1, -0.05) is 6.07 Å². The number of hydrogen-bond donors (Lipinski definition) is 1. The normalized spacial score (nSPS) is 28.7. The maximum Gasteiger partial charge on any atom is 0.225 e. The van der Waals surface area contributed by atoms with E-state index >= 15 is 0 Å². The van der Waals surface area contributed by atoms with E-state index in [-0.39, 0.29) is 24.0 Å². The zero-order valence-corrected chi connectivity index (χ0v) is 13.7. The van der Waals surface area contributed by atoms with E-state index in [0.29, 0.717) is 0 Å². The minimum absolute atomic E-state index is 0.0301. The fourth-order valence-electron chi connectivity index (χ4n) is 3.65. The zero-order valence-electron chi connectivity index (χ0n) is 13.7. The third kappa shape index (κ3) is 3.64. The van der Waals surface area contributed by atoms with Crippen molar-refractivity contribution in [1.82, 2.24) is 9.88 Å². The van der Waals surface area contributed by atoms with E-state index in [9.17, 15) is 4.79 Å². The number of nitrogens with zero attached hydrogens (tertiary/aromatic N) is 3. The molecule has 0 bridgehead atoms. The fraction of sp³-hybridized carbons (Fsp3) is 0.647. The lowest BCUT2D eigenvalue weighted by atomic mass is 9.83. The van der Waals surface area contributed by atoms with Crippen LogP contribution < -0.4 is 10.6 Å². The number of carbonyl (C=O) groups is 1. The van der Waals surface area contributed by atoms with E-state index in [1.165, 1.54) is 0 Å². The van der Waals surface area contributed by atoms with Gasteiger partial charge in [-0.05, 0) is 31.4 Å². The van der Waals surface area contributed by atoms with Crippen molar-refractivity contribution in [2.24, 2.45) is 11.7 Å². The Hall–Kier alpha value is -1.66. The van der Waals surface area contributed by atoms with Gasteiger partial charge < -0.3 is 20.3 Å². The molecular formula is C17H26N4O2. The summed E-state index contributed by atoms with van der Waals surface area (Å²) in [7, 11) is 1.70. The van der Waals surface area contributed by atoms with Crippen LogP contribution in [-0.2, 0) is 9.53 Å². The van der Waals surface area contributed by atoms with E-state index in [2.05, 4.69) is 9.88 Å². The van der Waals surface area contributed by atoms with Gasteiger partial charge in [0.2, 0.25) is 5.91 Å². The number of piperazine rings is 1. The molecule has 23 heavy (non-hydrogen) atoms. The molecule has 0 radical (unpaired) electrons. The molecule has 3 rings (SSSR count). The predicted octanol–water partition coefficient (Wildman–Crippen LogP) is 0.873. The molecule has 6 nitrogen and oxygen atoms in total. The molecule has 2 aliphatic rings. The molecule has 1 aromatic rings. The van der Waals surface area contributed by atoms with Crippen LogP contribution in [0.3, 0.4) is 0 Å². The summed E-state index contributed by atoms with van der Waals surface area (Å²) in [6, 6.07) is 5.90. The highest BCUT2D eigenvalue weighted by Crippen LogP contribution is 2.27. The molecule has 0 spiro atoms. The minimum Gasteiger partial charge on any atom is -0.380 e. The Labute approximate surface area is 137 Å². The van der Waals surface area contributed by atoms with Crippen LogP contribution in [-0.4, -0.2) is 61.2 Å². The third-order valence-corrected chi connectivity index (χ3v) is 5.05. The highest BCUT2D eigenvalue weighted by atomic mass is 16.5. The molecule has 0 unspecified atom stereocenters. The number of methoxy groups -OCH3 is 1. The molecule has 3 atom stereocenters. The third-order valence-electron chi connectivity index (χ3n) is 5.05. The quantitative estimate of drug-likeness (QED) is 0.895. The molecule has 126 valence electrons. The SMILES string of the molecule is CO[C@@H]1CC[C@H](C(=O)N2CCN(c3ccccn3)CC2)C[C@H]1N. The van der Waals surface area contributed by atoms with Crippen LogP contribution in [0.15, 0.2) is 24.4 Å². The summed E-state index contributed by atoms with van der Waals surface area (Å²) in [5.74, 6) is 1.30. The summed E-state index contributed by atoms with van der Waals surface area (Å²) in [6.07, 6.45) is 4.40. The zero-order chi connectivity index (χ0) is 16.2. The van der Waals surface area contributed by atoms with Crippen molar-refractivity contribution in [3.63, 3.8) is 0 Å². The first-order valence-electron chi connectivity index (χ1n) is 8.42. The van der Waals surface area contributed by atoms with Gasteiger partial charge in [0.1, 0.15) is 5.82 Å². The first-order chi connectivity index (χ1) is 11.2. The summed E-state index contributed by atoms with van der Waals surface area (Å²) in [5.41, 5.74) is 6.13. The maximum atomic E-state index is 12.7. The number of anilines is 1. The molecule has 2 heterocycles. The number of pyridine rings is 1. The van der Waals surface area contributed by atoms with Gasteiger partial charge in [0, 0.05) is 51.4 Å². The average Bonchev–Trinajstić information content (AvgIpc) is 2.62. The van der Waals surface area contributed by atoms with Gasteiger partial charge >= 0.3 is 0 Å². The van der Waals surface area contributed by atoms with Crippen LogP contribution in [0.2, 0.25) is 0 Å². The van der Waals surface area contributed by atoms with E-state index in [1.807, 2.05) is 29.3 Å². The first-order valence-corrected chi connectivity index (χ1v) is 8.42. The number of hydrogen-bond acceptors (Lipinski definition) is 5. The molecule has 0 aromatic carbocycles. The molecule has 1 aliphatic heterocycles. The monoisotopic (exact) mass is 318 g/mol. The number of rotatable bonds is 3. The summed E-state index contributed by atoms with van der Waals surface area (Å²) in [5, 5.41) is 0. The standard InChI is InChI=1S/C17H26N4O2/c1-23-15-6-5-13(12-14(15)18)17(22)21-10-8-20(9-11-21)16-4-2-3-7-19-16/h2-4,7,13-15H,5-6,8-12,18H2,1H3/t13-,14+,15+/m0/s1. The lowest BCUT2D eigenvalue weighted by Crippen LogP contribution is -2.52. The van der Waals surface area contributed by atoms with Gasteiger partial charge in [-0.2, -0.15) is 0 Å². The van der Waals surface area contributed by atoms with Crippen molar-refractivity contribution in [2.75, 3.05) is 38.2 Å². The van der Waals surface area contributed by atoms with Crippen molar-refractivity contribution in [3.05, 3.63) is 24.4 Å². The smallest absolute Gasteiger partial charge is 0.225 e. The maximum absolute atomic E-state index is 12.7. The lowest BCUT2D eigenvalue weighted by molar-refractivity contribution is -0.138. The van der Waals surface area contributed by atoms with E-state index in [4.69, 9.17) is 10.5 Å². The Morgan fingerprint density at radius 3 is 2.65 bits per heavy atom. The molecular weight excluding hydrogens is 292 g/mol. The average molecular weight is 318 g/mol. The Morgan fingerprint density at radius 1 is 1.26 bits per heavy atom. The summed E-state index contributed by atoms with van der Waals surface area (Å²) >= 11 is 0. The summed E-state index contributed by atoms with van der Waals surface area (Å²) in [6.45, 7) is 3.19. The first kappa shape index (κ1) is 16.2. The number of amides is 1. The van der Waals surface area contributed by atoms with Crippen LogP contribution >= 0.6 is 0 Å².